The lowest BCUT2D eigenvalue weighted by Gasteiger charge is -2.04. The van der Waals surface area contributed by atoms with E-state index in [0.29, 0.717) is 10.6 Å². The van der Waals surface area contributed by atoms with Gasteiger partial charge in [-0.05, 0) is 25.1 Å². The lowest BCUT2D eigenvalue weighted by Crippen LogP contribution is -2.15. The minimum absolute atomic E-state index is 0.0703. The van der Waals surface area contributed by atoms with E-state index in [1.165, 1.54) is 12.3 Å². The minimum Gasteiger partial charge on any atom is -0.453 e. The summed E-state index contributed by atoms with van der Waals surface area (Å²) in [6.45, 7) is 1.46. The Bertz CT molecular complexity index is 902. The Labute approximate surface area is 137 Å². The maximum atomic E-state index is 12.4. The van der Waals surface area contributed by atoms with Gasteiger partial charge >= 0.3 is 5.97 Å². The molecule has 1 N–H and O–H groups in total. The topological polar surface area (TPSA) is 72.1 Å². The molecule has 23 heavy (non-hydrogen) atoms. The van der Waals surface area contributed by atoms with Gasteiger partial charge in [0.25, 0.3) is 0 Å². The second kappa shape index (κ2) is 6.22. The van der Waals surface area contributed by atoms with Crippen molar-refractivity contribution in [3.63, 3.8) is 0 Å². The quantitative estimate of drug-likeness (QED) is 0.587. The number of nitrogens with zero attached hydrogens (tertiary/aromatic N) is 1. The molecule has 0 unspecified atom stereocenters. The van der Waals surface area contributed by atoms with Gasteiger partial charge in [0.15, 0.2) is 6.61 Å². The number of rotatable bonds is 4. The molecule has 0 saturated carbocycles. The van der Waals surface area contributed by atoms with E-state index in [1.807, 2.05) is 31.2 Å². The normalized spacial score (nSPS) is 10.7. The van der Waals surface area contributed by atoms with Crippen LogP contribution in [-0.2, 0) is 4.74 Å². The number of aromatic amines is 1. The first-order valence-electron chi connectivity index (χ1n) is 6.95. The minimum atomic E-state index is -0.682. The van der Waals surface area contributed by atoms with Crippen LogP contribution in [-0.4, -0.2) is 28.3 Å². The Morgan fingerprint density at radius 1 is 1.26 bits per heavy atom. The zero-order valence-electron chi connectivity index (χ0n) is 12.3. The third-order valence-electron chi connectivity index (χ3n) is 3.44. The predicted molar refractivity (Wildman–Crippen MR) is 86.9 cm³/mol. The third kappa shape index (κ3) is 3.10. The highest BCUT2D eigenvalue weighted by atomic mass is 35.5. The Morgan fingerprint density at radius 2 is 2.04 bits per heavy atom. The number of H-pyrrole nitrogens is 1. The Hall–Kier alpha value is -2.66. The van der Waals surface area contributed by atoms with Crippen molar-refractivity contribution in [2.24, 2.45) is 0 Å². The summed E-state index contributed by atoms with van der Waals surface area (Å²) in [5, 5.41) is 1.19. The molecule has 0 spiro atoms. The van der Waals surface area contributed by atoms with E-state index in [2.05, 4.69) is 9.97 Å². The maximum Gasteiger partial charge on any atom is 0.357 e. The average molecular weight is 329 g/mol. The molecule has 2 heterocycles. The molecule has 0 aliphatic rings. The number of hydrogen-bond donors (Lipinski definition) is 1. The first-order valence-corrected chi connectivity index (χ1v) is 7.33. The largest absolute Gasteiger partial charge is 0.453 e. The number of aryl methyl sites for hydroxylation is 1. The maximum absolute atomic E-state index is 12.4. The molecule has 0 fully saturated rings. The van der Waals surface area contributed by atoms with Crippen LogP contribution < -0.4 is 0 Å². The van der Waals surface area contributed by atoms with E-state index < -0.39 is 5.97 Å². The zero-order chi connectivity index (χ0) is 16.4. The number of ether oxygens (including phenoxy) is 1. The van der Waals surface area contributed by atoms with Crippen LogP contribution in [0.5, 0.6) is 0 Å². The van der Waals surface area contributed by atoms with Crippen molar-refractivity contribution in [3.8, 4) is 0 Å². The van der Waals surface area contributed by atoms with Crippen molar-refractivity contribution in [1.82, 2.24) is 9.97 Å². The summed E-state index contributed by atoms with van der Waals surface area (Å²) in [7, 11) is 0. The van der Waals surface area contributed by atoms with Crippen LogP contribution in [0, 0.1) is 6.92 Å². The van der Waals surface area contributed by atoms with Gasteiger partial charge in [-0.15, -0.1) is 0 Å². The number of ketones is 1. The lowest BCUT2D eigenvalue weighted by molar-refractivity contribution is 0.0469. The number of benzene rings is 1. The lowest BCUT2D eigenvalue weighted by atomic mass is 10.1. The standard InChI is InChI=1S/C17H13ClN2O3/c1-10-16(12-4-2-3-5-13(12)20-10)15(21)9-23-17(22)14-8-11(18)6-7-19-14/h2-8,20H,9H2,1H3. The molecule has 0 aliphatic carbocycles. The van der Waals surface area contributed by atoms with Crippen LogP contribution in [0.25, 0.3) is 10.9 Å². The summed E-state index contributed by atoms with van der Waals surface area (Å²) in [6.07, 6.45) is 1.41. The van der Waals surface area contributed by atoms with Gasteiger partial charge in [-0.25, -0.2) is 9.78 Å². The van der Waals surface area contributed by atoms with Gasteiger partial charge < -0.3 is 9.72 Å². The molecule has 0 amide bonds. The number of carbonyl (C=O) groups excluding carboxylic acids is 2. The third-order valence-corrected chi connectivity index (χ3v) is 3.67. The van der Waals surface area contributed by atoms with Crippen LogP contribution in [0.2, 0.25) is 5.02 Å². The molecule has 0 radical (unpaired) electrons. The highest BCUT2D eigenvalue weighted by molar-refractivity contribution is 6.30. The summed E-state index contributed by atoms with van der Waals surface area (Å²) in [6, 6.07) is 10.4. The van der Waals surface area contributed by atoms with E-state index in [0.717, 1.165) is 16.6 Å². The monoisotopic (exact) mass is 328 g/mol. The highest BCUT2D eigenvalue weighted by Crippen LogP contribution is 2.22. The molecule has 5 nitrogen and oxygen atoms in total. The number of para-hydroxylation sites is 1. The number of halogens is 1. The molecule has 0 bridgehead atoms. The predicted octanol–water partition coefficient (Wildman–Crippen LogP) is 3.56. The molecule has 0 saturated heterocycles. The molecule has 2 aromatic heterocycles. The smallest absolute Gasteiger partial charge is 0.357 e. The summed E-state index contributed by atoms with van der Waals surface area (Å²) in [5.41, 5.74) is 2.22. The van der Waals surface area contributed by atoms with Gasteiger partial charge in [-0.3, -0.25) is 4.79 Å². The fourth-order valence-corrected chi connectivity index (χ4v) is 2.59. The first kappa shape index (κ1) is 15.2. The first-order chi connectivity index (χ1) is 11.1. The Kier molecular flexibility index (Phi) is 4.12. The van der Waals surface area contributed by atoms with Crippen molar-refractivity contribution in [2.75, 3.05) is 6.61 Å². The number of aromatic nitrogens is 2. The van der Waals surface area contributed by atoms with Crippen molar-refractivity contribution < 1.29 is 14.3 Å². The molecule has 3 rings (SSSR count). The number of Topliss-reactive ketones (excluding diaryl/α,β-unsaturated/α-hetero) is 1. The van der Waals surface area contributed by atoms with E-state index >= 15 is 0 Å². The van der Waals surface area contributed by atoms with Gasteiger partial charge in [0.2, 0.25) is 5.78 Å². The van der Waals surface area contributed by atoms with E-state index in [4.69, 9.17) is 16.3 Å². The van der Waals surface area contributed by atoms with E-state index in [-0.39, 0.29) is 18.1 Å². The fraction of sp³-hybridized carbons (Fsp3) is 0.118. The van der Waals surface area contributed by atoms with Gasteiger partial charge in [0, 0.05) is 33.4 Å². The number of pyridine rings is 1. The zero-order valence-corrected chi connectivity index (χ0v) is 13.1. The van der Waals surface area contributed by atoms with Crippen LogP contribution in [0.15, 0.2) is 42.6 Å². The van der Waals surface area contributed by atoms with Gasteiger partial charge in [-0.1, -0.05) is 29.8 Å². The summed E-state index contributed by atoms with van der Waals surface area (Å²) in [4.78, 5) is 31.3. The molecular formula is C17H13ClN2O3. The second-order valence-electron chi connectivity index (χ2n) is 5.03. The van der Waals surface area contributed by atoms with E-state index in [9.17, 15) is 9.59 Å². The van der Waals surface area contributed by atoms with Gasteiger partial charge in [-0.2, -0.15) is 0 Å². The Morgan fingerprint density at radius 3 is 2.83 bits per heavy atom. The van der Waals surface area contributed by atoms with E-state index in [1.54, 1.807) is 6.07 Å². The number of fused-ring (bicyclic) bond motifs is 1. The fourth-order valence-electron chi connectivity index (χ4n) is 2.43. The molecule has 116 valence electrons. The van der Waals surface area contributed by atoms with Crippen LogP contribution in [0.3, 0.4) is 0 Å². The molecule has 0 aliphatic heterocycles. The van der Waals surface area contributed by atoms with Gasteiger partial charge in [0.1, 0.15) is 5.69 Å². The van der Waals surface area contributed by atoms with Crippen LogP contribution >= 0.6 is 11.6 Å². The summed E-state index contributed by atoms with van der Waals surface area (Å²) in [5.74, 6) is -0.950. The molecule has 6 heteroatoms. The van der Waals surface area contributed by atoms with Crippen LogP contribution in [0.4, 0.5) is 0 Å². The average Bonchev–Trinajstić information content (AvgIpc) is 2.88. The SMILES string of the molecule is Cc1[nH]c2ccccc2c1C(=O)COC(=O)c1cc(Cl)ccn1. The molecular weight excluding hydrogens is 316 g/mol. The molecule has 0 atom stereocenters. The van der Waals surface area contributed by atoms with Crippen LogP contribution in [0.1, 0.15) is 26.5 Å². The number of esters is 1. The molecule has 3 aromatic rings. The second-order valence-corrected chi connectivity index (χ2v) is 5.47. The Balaban J connectivity index is 1.76. The van der Waals surface area contributed by atoms with Crippen molar-refractivity contribution in [1.29, 1.82) is 0 Å². The van der Waals surface area contributed by atoms with Gasteiger partial charge in [0.05, 0.1) is 0 Å². The number of carbonyl (C=O) groups is 2. The summed E-state index contributed by atoms with van der Waals surface area (Å²) >= 11 is 5.80. The molecule has 1 aromatic carbocycles. The van der Waals surface area contributed by atoms with Crippen molar-refractivity contribution in [2.45, 2.75) is 6.92 Å². The summed E-state index contributed by atoms with van der Waals surface area (Å²) < 4.78 is 5.05. The van der Waals surface area contributed by atoms with Crippen molar-refractivity contribution >= 4 is 34.3 Å². The number of hydrogen-bond acceptors (Lipinski definition) is 4. The highest BCUT2D eigenvalue weighted by Gasteiger charge is 2.18. The number of nitrogens with one attached hydrogen (secondary N) is 1. The van der Waals surface area contributed by atoms with Crippen molar-refractivity contribution in [3.05, 3.63) is 64.6 Å².